The van der Waals surface area contributed by atoms with Crippen LogP contribution in [0.2, 0.25) is 0 Å². The van der Waals surface area contributed by atoms with Crippen LogP contribution in [-0.2, 0) is 0 Å². The van der Waals surface area contributed by atoms with Crippen molar-refractivity contribution >= 4 is 41.4 Å². The molecule has 0 spiro atoms. The summed E-state index contributed by atoms with van der Waals surface area (Å²) >= 11 is 0. The first-order valence-corrected chi connectivity index (χ1v) is 9.63. The number of halogens is 2. The Balaban J connectivity index is 0.00000128. The monoisotopic (exact) mass is 449 g/mol. The predicted molar refractivity (Wildman–Crippen MR) is 123 cm³/mol. The quantitative estimate of drug-likeness (QED) is 0.462. The first-order valence-electron chi connectivity index (χ1n) is 9.63. The highest BCUT2D eigenvalue weighted by atomic mass is 35.5. The maximum atomic E-state index is 6.14. The lowest BCUT2D eigenvalue weighted by atomic mass is 10.2. The number of hydrogen-bond acceptors (Lipinski definition) is 5. The van der Waals surface area contributed by atoms with E-state index in [1.165, 1.54) is 12.0 Å². The Bertz CT molecular complexity index is 1150. The van der Waals surface area contributed by atoms with E-state index in [1.807, 2.05) is 34.9 Å². The first-order chi connectivity index (χ1) is 13.7. The Morgan fingerprint density at radius 2 is 2.07 bits per heavy atom. The minimum absolute atomic E-state index is 0. The molecule has 0 amide bonds. The Morgan fingerprint density at radius 3 is 2.83 bits per heavy atom. The minimum atomic E-state index is 0. The fourth-order valence-corrected chi connectivity index (χ4v) is 3.76. The zero-order valence-electron chi connectivity index (χ0n) is 16.9. The first kappa shape index (κ1) is 22.3. The third-order valence-corrected chi connectivity index (χ3v) is 5.26. The highest BCUT2D eigenvalue weighted by Gasteiger charge is 2.18. The molecule has 0 unspecified atom stereocenters. The van der Waals surface area contributed by atoms with Gasteiger partial charge in [0.2, 0.25) is 0 Å². The molecule has 0 bridgehead atoms. The molecule has 8 heteroatoms. The number of hydrogen-bond donors (Lipinski definition) is 1. The molecule has 1 aliphatic heterocycles. The zero-order chi connectivity index (χ0) is 19.1. The second kappa shape index (κ2) is 9.16. The number of fused-ring (bicyclic) bond motifs is 2. The standard InChI is InChI=1S/C22H23N3O3.2ClH/c1-14-5-6-22-24-18(12-25(22)11-14)21-10-17-19(27-13-15-4-3-7-23-15)8-16(26-2)9-20(17)28-21;;/h5-6,8-12,15,23H,3-4,7,13H2,1-2H3;2*1H/t15-;;/m0../s1. The largest absolute Gasteiger partial charge is 0.496 e. The maximum absolute atomic E-state index is 6.14. The van der Waals surface area contributed by atoms with E-state index >= 15 is 0 Å². The molecule has 0 radical (unpaired) electrons. The number of rotatable bonds is 5. The van der Waals surface area contributed by atoms with Gasteiger partial charge in [0.15, 0.2) is 5.76 Å². The lowest BCUT2D eigenvalue weighted by Gasteiger charge is -2.13. The van der Waals surface area contributed by atoms with Crippen molar-refractivity contribution in [1.82, 2.24) is 14.7 Å². The van der Waals surface area contributed by atoms with Crippen molar-refractivity contribution in [3.8, 4) is 23.0 Å². The summed E-state index contributed by atoms with van der Waals surface area (Å²) < 4.78 is 19.7. The summed E-state index contributed by atoms with van der Waals surface area (Å²) in [6, 6.07) is 10.3. The van der Waals surface area contributed by atoms with Crippen molar-refractivity contribution in [1.29, 1.82) is 0 Å². The zero-order valence-corrected chi connectivity index (χ0v) is 18.5. The summed E-state index contributed by atoms with van der Waals surface area (Å²) in [5.41, 5.74) is 3.60. The number of aryl methyl sites for hydroxylation is 1. The van der Waals surface area contributed by atoms with Crippen molar-refractivity contribution < 1.29 is 13.9 Å². The van der Waals surface area contributed by atoms with Crippen LogP contribution < -0.4 is 14.8 Å². The van der Waals surface area contributed by atoms with Gasteiger partial charge < -0.3 is 23.6 Å². The Kier molecular flexibility index (Phi) is 6.81. The average molecular weight is 450 g/mol. The third kappa shape index (κ3) is 4.21. The maximum Gasteiger partial charge on any atom is 0.155 e. The average Bonchev–Trinajstić information content (AvgIpc) is 3.43. The lowest BCUT2D eigenvalue weighted by molar-refractivity contribution is 0.278. The molecule has 3 aromatic heterocycles. The highest BCUT2D eigenvalue weighted by Crippen LogP contribution is 2.37. The second-order valence-electron chi connectivity index (χ2n) is 7.35. The molecule has 5 rings (SSSR count). The molecule has 1 N–H and O–H groups in total. The Labute approximate surface area is 187 Å². The molecule has 30 heavy (non-hydrogen) atoms. The second-order valence-corrected chi connectivity index (χ2v) is 7.35. The summed E-state index contributed by atoms with van der Waals surface area (Å²) in [7, 11) is 1.65. The van der Waals surface area contributed by atoms with Gasteiger partial charge in [-0.05, 0) is 44.0 Å². The van der Waals surface area contributed by atoms with Crippen LogP contribution in [0.3, 0.4) is 0 Å². The number of benzene rings is 1. The van der Waals surface area contributed by atoms with Gasteiger partial charge in [0.05, 0.1) is 12.5 Å². The Hall–Kier alpha value is -2.41. The van der Waals surface area contributed by atoms with Crippen molar-refractivity contribution in [3.05, 3.63) is 48.3 Å². The summed E-state index contributed by atoms with van der Waals surface area (Å²) in [4.78, 5) is 4.69. The van der Waals surface area contributed by atoms with Gasteiger partial charge in [-0.15, -0.1) is 24.8 Å². The molecule has 6 nitrogen and oxygen atoms in total. The number of furan rings is 1. The van der Waals surface area contributed by atoms with Crippen LogP contribution in [0.4, 0.5) is 0 Å². The highest BCUT2D eigenvalue weighted by molar-refractivity contribution is 5.89. The van der Waals surface area contributed by atoms with Gasteiger partial charge in [-0.25, -0.2) is 4.98 Å². The third-order valence-electron chi connectivity index (χ3n) is 5.26. The molecule has 160 valence electrons. The van der Waals surface area contributed by atoms with E-state index in [9.17, 15) is 0 Å². The summed E-state index contributed by atoms with van der Waals surface area (Å²) in [5.74, 6) is 2.21. The van der Waals surface area contributed by atoms with Gasteiger partial charge in [-0.2, -0.15) is 0 Å². The summed E-state index contributed by atoms with van der Waals surface area (Å²) in [6.07, 6.45) is 6.39. The van der Waals surface area contributed by atoms with Gasteiger partial charge in [0.1, 0.15) is 35.0 Å². The van der Waals surface area contributed by atoms with E-state index in [4.69, 9.17) is 13.9 Å². The van der Waals surface area contributed by atoms with Crippen LogP contribution in [0, 0.1) is 6.92 Å². The predicted octanol–water partition coefficient (Wildman–Crippen LogP) is 5.04. The molecule has 1 atom stereocenters. The molecule has 1 fully saturated rings. The molecule has 1 aliphatic rings. The van der Waals surface area contributed by atoms with Crippen LogP contribution in [0.5, 0.6) is 11.5 Å². The normalized spacial score (nSPS) is 15.7. The number of nitrogens with one attached hydrogen (secondary N) is 1. The van der Waals surface area contributed by atoms with Crippen LogP contribution in [-0.4, -0.2) is 35.7 Å². The van der Waals surface area contributed by atoms with E-state index in [-0.39, 0.29) is 24.8 Å². The fraction of sp³-hybridized carbons (Fsp3) is 0.318. The van der Waals surface area contributed by atoms with Gasteiger partial charge in [0.25, 0.3) is 0 Å². The smallest absolute Gasteiger partial charge is 0.155 e. The number of methoxy groups -OCH3 is 1. The minimum Gasteiger partial charge on any atom is -0.496 e. The Morgan fingerprint density at radius 1 is 1.20 bits per heavy atom. The van der Waals surface area contributed by atoms with Crippen LogP contribution in [0.25, 0.3) is 28.1 Å². The van der Waals surface area contributed by atoms with E-state index in [0.717, 1.165) is 41.0 Å². The van der Waals surface area contributed by atoms with Crippen molar-refractivity contribution in [3.63, 3.8) is 0 Å². The van der Waals surface area contributed by atoms with Crippen molar-refractivity contribution in [2.45, 2.75) is 25.8 Å². The summed E-state index contributed by atoms with van der Waals surface area (Å²) in [5, 5.41) is 4.39. The lowest BCUT2D eigenvalue weighted by Crippen LogP contribution is -2.28. The van der Waals surface area contributed by atoms with E-state index in [2.05, 4.69) is 29.5 Å². The topological polar surface area (TPSA) is 60.9 Å². The molecule has 0 saturated carbocycles. The number of nitrogens with zero attached hydrogens (tertiary/aromatic N) is 2. The van der Waals surface area contributed by atoms with Crippen LogP contribution in [0.15, 0.2) is 47.1 Å². The van der Waals surface area contributed by atoms with Crippen molar-refractivity contribution in [2.24, 2.45) is 0 Å². The molecular formula is C22H25Cl2N3O3. The van der Waals surface area contributed by atoms with Gasteiger partial charge in [-0.1, -0.05) is 6.07 Å². The van der Waals surface area contributed by atoms with E-state index in [0.29, 0.717) is 24.2 Å². The van der Waals surface area contributed by atoms with Gasteiger partial charge >= 0.3 is 0 Å². The van der Waals surface area contributed by atoms with E-state index < -0.39 is 0 Å². The molecule has 4 heterocycles. The fourth-order valence-electron chi connectivity index (χ4n) is 3.76. The number of ether oxygens (including phenoxy) is 2. The molecule has 4 aromatic rings. The number of pyridine rings is 1. The van der Waals surface area contributed by atoms with Gasteiger partial charge in [0, 0.05) is 30.6 Å². The molecular weight excluding hydrogens is 425 g/mol. The van der Waals surface area contributed by atoms with Crippen LogP contribution in [0.1, 0.15) is 18.4 Å². The SMILES string of the molecule is COc1cc(OC[C@@H]2CCCN2)c2cc(-c3cn4cc(C)ccc4n3)oc2c1.Cl.Cl. The van der Waals surface area contributed by atoms with E-state index in [1.54, 1.807) is 7.11 Å². The van der Waals surface area contributed by atoms with Gasteiger partial charge in [-0.3, -0.25) is 0 Å². The number of aromatic nitrogens is 2. The number of imidazole rings is 1. The molecule has 0 aliphatic carbocycles. The van der Waals surface area contributed by atoms with Crippen molar-refractivity contribution in [2.75, 3.05) is 20.3 Å². The van der Waals surface area contributed by atoms with Crippen LogP contribution >= 0.6 is 24.8 Å². The molecule has 1 saturated heterocycles. The molecule has 1 aromatic carbocycles. The summed E-state index contributed by atoms with van der Waals surface area (Å²) in [6.45, 7) is 3.76.